The van der Waals surface area contributed by atoms with Gasteiger partial charge in [-0.3, -0.25) is 14.5 Å². The van der Waals surface area contributed by atoms with Gasteiger partial charge in [0.25, 0.3) is 5.91 Å². The SMILES string of the molecule is COc1ccc(C2C(C(=O)c3cccs3)=C(O)C(=O)N2c2nnc(SCc3ccc(C)cc3)s2)cc1OC. The van der Waals surface area contributed by atoms with Gasteiger partial charge in [0.1, 0.15) is 0 Å². The average Bonchev–Trinajstić information content (AvgIpc) is 3.68. The highest BCUT2D eigenvalue weighted by Crippen LogP contribution is 2.45. The van der Waals surface area contributed by atoms with Crippen molar-refractivity contribution in [3.05, 3.63) is 92.9 Å². The molecule has 0 saturated heterocycles. The Morgan fingerprint density at radius 2 is 1.84 bits per heavy atom. The zero-order valence-corrected chi connectivity index (χ0v) is 23.2. The van der Waals surface area contributed by atoms with Gasteiger partial charge in [-0.05, 0) is 41.6 Å². The summed E-state index contributed by atoms with van der Waals surface area (Å²) in [5, 5.41) is 21.6. The van der Waals surface area contributed by atoms with Crippen LogP contribution in [0.5, 0.6) is 11.5 Å². The number of rotatable bonds is 9. The highest BCUT2D eigenvalue weighted by atomic mass is 32.2. The third-order valence-corrected chi connectivity index (χ3v) is 9.00. The smallest absolute Gasteiger partial charge is 0.296 e. The first kappa shape index (κ1) is 26.0. The minimum Gasteiger partial charge on any atom is -0.503 e. The van der Waals surface area contributed by atoms with E-state index in [0.29, 0.717) is 32.0 Å². The van der Waals surface area contributed by atoms with Gasteiger partial charge < -0.3 is 14.6 Å². The predicted octanol–water partition coefficient (Wildman–Crippen LogP) is 6.00. The van der Waals surface area contributed by atoms with Crippen LogP contribution >= 0.6 is 34.4 Å². The van der Waals surface area contributed by atoms with Crippen molar-refractivity contribution in [3.8, 4) is 11.5 Å². The molecule has 3 heterocycles. The molecule has 1 aliphatic heterocycles. The van der Waals surface area contributed by atoms with Crippen molar-refractivity contribution in [2.24, 2.45) is 0 Å². The number of aliphatic hydroxyl groups excluding tert-OH is 1. The Morgan fingerprint density at radius 3 is 2.53 bits per heavy atom. The number of benzene rings is 2. The molecule has 11 heteroatoms. The molecule has 4 aromatic rings. The summed E-state index contributed by atoms with van der Waals surface area (Å²) in [7, 11) is 3.03. The molecule has 1 aliphatic rings. The van der Waals surface area contributed by atoms with Gasteiger partial charge in [-0.2, -0.15) is 0 Å². The van der Waals surface area contributed by atoms with E-state index in [4.69, 9.17) is 9.47 Å². The number of thiophene rings is 1. The first-order chi connectivity index (χ1) is 18.4. The molecule has 1 amide bonds. The second-order valence-electron chi connectivity index (χ2n) is 8.39. The number of aryl methyl sites for hydroxylation is 1. The van der Waals surface area contributed by atoms with E-state index in [1.165, 1.54) is 59.1 Å². The van der Waals surface area contributed by atoms with Gasteiger partial charge >= 0.3 is 0 Å². The van der Waals surface area contributed by atoms with E-state index in [0.717, 1.165) is 5.56 Å². The van der Waals surface area contributed by atoms with E-state index in [9.17, 15) is 14.7 Å². The normalized spacial score (nSPS) is 15.3. The van der Waals surface area contributed by atoms with Crippen molar-refractivity contribution in [3.63, 3.8) is 0 Å². The fraction of sp³-hybridized carbons (Fsp3) is 0.185. The molecule has 0 spiro atoms. The van der Waals surface area contributed by atoms with Crippen LogP contribution in [0.3, 0.4) is 0 Å². The molecule has 194 valence electrons. The Kier molecular flexibility index (Phi) is 7.50. The molecule has 5 rings (SSSR count). The summed E-state index contributed by atoms with van der Waals surface area (Å²) in [5.74, 6) is -0.126. The summed E-state index contributed by atoms with van der Waals surface area (Å²) >= 11 is 3.97. The van der Waals surface area contributed by atoms with Gasteiger partial charge in [0, 0.05) is 5.75 Å². The molecule has 1 unspecified atom stereocenters. The molecular formula is C27H23N3O5S3. The molecule has 0 aliphatic carbocycles. The maximum atomic E-state index is 13.5. The van der Waals surface area contributed by atoms with E-state index in [1.54, 1.807) is 35.7 Å². The number of aliphatic hydroxyl groups is 1. The summed E-state index contributed by atoms with van der Waals surface area (Å²) in [4.78, 5) is 28.7. The van der Waals surface area contributed by atoms with Gasteiger partial charge in [-0.1, -0.05) is 65.1 Å². The van der Waals surface area contributed by atoms with Crippen molar-refractivity contribution in [2.75, 3.05) is 19.1 Å². The van der Waals surface area contributed by atoms with Crippen LogP contribution < -0.4 is 14.4 Å². The van der Waals surface area contributed by atoms with Crippen molar-refractivity contribution in [1.82, 2.24) is 10.2 Å². The van der Waals surface area contributed by atoms with Crippen molar-refractivity contribution >= 4 is 51.3 Å². The summed E-state index contributed by atoms with van der Waals surface area (Å²) in [6.07, 6.45) is 0. The molecule has 2 aromatic heterocycles. The van der Waals surface area contributed by atoms with Crippen molar-refractivity contribution < 1.29 is 24.2 Å². The standard InChI is InChI=1S/C27H23N3O5S3/c1-15-6-8-16(9-7-15)14-37-27-29-28-26(38-27)30-22(17-10-11-18(34-2)19(13-17)35-3)21(24(32)25(30)33)23(31)20-5-4-12-36-20/h4-13,22,32H,14H2,1-3H3. The quantitative estimate of drug-likeness (QED) is 0.150. The van der Waals surface area contributed by atoms with E-state index in [1.807, 2.05) is 6.92 Å². The summed E-state index contributed by atoms with van der Waals surface area (Å²) in [6.45, 7) is 2.04. The summed E-state index contributed by atoms with van der Waals surface area (Å²) < 4.78 is 11.5. The van der Waals surface area contributed by atoms with Crippen LogP contribution in [0, 0.1) is 6.92 Å². The maximum absolute atomic E-state index is 13.5. The number of carbonyl (C=O) groups is 2. The number of aromatic nitrogens is 2. The Balaban J connectivity index is 1.52. The third-order valence-electron chi connectivity index (χ3n) is 6.01. The van der Waals surface area contributed by atoms with Gasteiger partial charge in [0.2, 0.25) is 10.9 Å². The molecule has 8 nitrogen and oxygen atoms in total. The van der Waals surface area contributed by atoms with Crippen LogP contribution in [0.25, 0.3) is 0 Å². The van der Waals surface area contributed by atoms with Gasteiger partial charge in [0.05, 0.1) is 30.7 Å². The Morgan fingerprint density at radius 1 is 1.08 bits per heavy atom. The largest absolute Gasteiger partial charge is 0.503 e. The second kappa shape index (κ2) is 11.0. The number of amides is 1. The lowest BCUT2D eigenvalue weighted by molar-refractivity contribution is -0.117. The maximum Gasteiger partial charge on any atom is 0.296 e. The molecule has 38 heavy (non-hydrogen) atoms. The number of methoxy groups -OCH3 is 2. The van der Waals surface area contributed by atoms with Crippen LogP contribution in [0.15, 0.2) is 75.6 Å². The number of carbonyl (C=O) groups excluding carboxylic acids is 2. The lowest BCUT2D eigenvalue weighted by Gasteiger charge is -2.24. The average molecular weight is 566 g/mol. The summed E-state index contributed by atoms with van der Waals surface area (Å²) in [6, 6.07) is 15.8. The number of ether oxygens (including phenoxy) is 2. The minimum absolute atomic E-state index is 0.0197. The van der Waals surface area contributed by atoms with Crippen LogP contribution in [0.2, 0.25) is 0 Å². The van der Waals surface area contributed by atoms with E-state index >= 15 is 0 Å². The van der Waals surface area contributed by atoms with Crippen LogP contribution in [-0.4, -0.2) is 41.2 Å². The molecule has 1 atom stereocenters. The van der Waals surface area contributed by atoms with Crippen LogP contribution in [0.1, 0.15) is 32.4 Å². The van der Waals surface area contributed by atoms with Gasteiger partial charge in [-0.25, -0.2) is 0 Å². The number of nitrogens with zero attached hydrogens (tertiary/aromatic N) is 3. The van der Waals surface area contributed by atoms with Crippen LogP contribution in [0.4, 0.5) is 5.13 Å². The number of ketones is 1. The zero-order valence-electron chi connectivity index (χ0n) is 20.7. The molecule has 0 bridgehead atoms. The van der Waals surface area contributed by atoms with Crippen LogP contribution in [-0.2, 0) is 10.5 Å². The van der Waals surface area contributed by atoms with Gasteiger partial charge in [-0.15, -0.1) is 21.5 Å². The molecular weight excluding hydrogens is 543 g/mol. The fourth-order valence-electron chi connectivity index (χ4n) is 4.10. The highest BCUT2D eigenvalue weighted by Gasteiger charge is 2.46. The first-order valence-electron chi connectivity index (χ1n) is 11.5. The molecule has 1 N–H and O–H groups in total. The van der Waals surface area contributed by atoms with E-state index < -0.39 is 23.5 Å². The Hall–Kier alpha value is -3.67. The molecule has 0 fully saturated rings. The van der Waals surface area contributed by atoms with Gasteiger partial charge in [0.15, 0.2) is 21.6 Å². The topological polar surface area (TPSA) is 102 Å². The monoisotopic (exact) mass is 565 g/mol. The minimum atomic E-state index is -0.931. The molecule has 0 radical (unpaired) electrons. The predicted molar refractivity (Wildman–Crippen MR) is 149 cm³/mol. The van der Waals surface area contributed by atoms with E-state index in [-0.39, 0.29) is 10.7 Å². The highest BCUT2D eigenvalue weighted by molar-refractivity contribution is 8.00. The molecule has 2 aromatic carbocycles. The Labute approximate surface area is 231 Å². The van der Waals surface area contributed by atoms with Crippen molar-refractivity contribution in [2.45, 2.75) is 23.1 Å². The summed E-state index contributed by atoms with van der Waals surface area (Å²) in [5.41, 5.74) is 2.87. The lowest BCUT2D eigenvalue weighted by atomic mass is 9.95. The number of Topliss-reactive ketones (excluding diaryl/α,β-unsaturated/α-hetero) is 1. The molecule has 0 saturated carbocycles. The number of anilines is 1. The second-order valence-corrected chi connectivity index (χ2v) is 11.5. The third kappa shape index (κ3) is 4.92. The zero-order chi connectivity index (χ0) is 26.8. The number of hydrogen-bond donors (Lipinski definition) is 1. The Bertz CT molecular complexity index is 1510. The van der Waals surface area contributed by atoms with Crippen molar-refractivity contribution in [1.29, 1.82) is 0 Å². The lowest BCUT2D eigenvalue weighted by Crippen LogP contribution is -2.31. The fourth-order valence-corrected chi connectivity index (χ4v) is 6.60. The first-order valence-corrected chi connectivity index (χ1v) is 14.2. The van der Waals surface area contributed by atoms with E-state index in [2.05, 4.69) is 34.5 Å². The number of hydrogen-bond acceptors (Lipinski definition) is 10. The number of thioether (sulfide) groups is 1.